The van der Waals surface area contributed by atoms with E-state index >= 15 is 0 Å². The highest BCUT2D eigenvalue weighted by Gasteiger charge is 2.24. The van der Waals surface area contributed by atoms with Gasteiger partial charge in [0.15, 0.2) is 0 Å². The number of amides is 2. The fraction of sp³-hybridized carbons (Fsp3) is 0.333. The van der Waals surface area contributed by atoms with Crippen LogP contribution in [0, 0.1) is 11.7 Å². The Morgan fingerprint density at radius 3 is 2.94 bits per heavy atom. The number of halogens is 2. The number of benzene rings is 1. The zero-order valence-electron chi connectivity index (χ0n) is 9.50. The summed E-state index contributed by atoms with van der Waals surface area (Å²) in [5, 5.41) is 5.44. The first kappa shape index (κ1) is 12.8. The largest absolute Gasteiger partial charge is 0.355 e. The standard InChI is InChI=1S/C12H12ClFN2O2/c13-8-2-3-9(14)10(5-8)16-12(18)7-1-4-11(17)15-6-7/h2-3,5,7H,1,4,6H2,(H,15,17)(H,16,18). The first-order valence-corrected chi connectivity index (χ1v) is 5.96. The number of piperidine rings is 1. The van der Waals surface area contributed by atoms with Crippen molar-refractivity contribution >= 4 is 29.1 Å². The molecule has 6 heteroatoms. The van der Waals surface area contributed by atoms with E-state index in [1.54, 1.807) is 0 Å². The maximum atomic E-state index is 13.4. The van der Waals surface area contributed by atoms with Gasteiger partial charge in [0.05, 0.1) is 11.6 Å². The van der Waals surface area contributed by atoms with Crippen LogP contribution >= 0.6 is 11.6 Å². The van der Waals surface area contributed by atoms with Crippen LogP contribution < -0.4 is 10.6 Å². The van der Waals surface area contributed by atoms with E-state index in [4.69, 9.17) is 11.6 Å². The van der Waals surface area contributed by atoms with Crippen molar-refractivity contribution in [2.75, 3.05) is 11.9 Å². The molecule has 1 saturated heterocycles. The number of hydrogen-bond donors (Lipinski definition) is 2. The number of rotatable bonds is 2. The molecule has 18 heavy (non-hydrogen) atoms. The van der Waals surface area contributed by atoms with Gasteiger partial charge in [-0.25, -0.2) is 4.39 Å². The third kappa shape index (κ3) is 2.98. The second-order valence-corrected chi connectivity index (χ2v) is 4.59. The molecule has 1 aliphatic rings. The average molecular weight is 271 g/mol. The van der Waals surface area contributed by atoms with Crippen molar-refractivity contribution in [1.82, 2.24) is 5.32 Å². The van der Waals surface area contributed by atoms with E-state index in [2.05, 4.69) is 10.6 Å². The van der Waals surface area contributed by atoms with Crippen LogP contribution in [-0.4, -0.2) is 18.4 Å². The van der Waals surface area contributed by atoms with Gasteiger partial charge >= 0.3 is 0 Å². The quantitative estimate of drug-likeness (QED) is 0.863. The molecule has 0 spiro atoms. The van der Waals surface area contributed by atoms with Gasteiger partial charge in [0, 0.05) is 18.0 Å². The highest BCUT2D eigenvalue weighted by Crippen LogP contribution is 2.21. The van der Waals surface area contributed by atoms with Gasteiger partial charge in [-0.2, -0.15) is 0 Å². The van der Waals surface area contributed by atoms with Crippen LogP contribution in [0.2, 0.25) is 5.02 Å². The molecule has 2 rings (SSSR count). The molecule has 1 aromatic rings. The second-order valence-electron chi connectivity index (χ2n) is 4.15. The summed E-state index contributed by atoms with van der Waals surface area (Å²) in [7, 11) is 0. The topological polar surface area (TPSA) is 58.2 Å². The van der Waals surface area contributed by atoms with Crippen LogP contribution in [0.1, 0.15) is 12.8 Å². The SMILES string of the molecule is O=C1CCC(C(=O)Nc2cc(Cl)ccc2F)CN1. The Kier molecular flexibility index (Phi) is 3.81. The zero-order chi connectivity index (χ0) is 13.1. The van der Waals surface area contributed by atoms with Crippen molar-refractivity contribution in [3.05, 3.63) is 29.0 Å². The van der Waals surface area contributed by atoms with Gasteiger partial charge in [-0.15, -0.1) is 0 Å². The number of anilines is 1. The monoisotopic (exact) mass is 270 g/mol. The number of hydrogen-bond acceptors (Lipinski definition) is 2. The summed E-state index contributed by atoms with van der Waals surface area (Å²) in [6.07, 6.45) is 0.788. The Bertz CT molecular complexity index is 483. The van der Waals surface area contributed by atoms with Crippen LogP contribution in [0.15, 0.2) is 18.2 Å². The van der Waals surface area contributed by atoms with E-state index in [1.807, 2.05) is 0 Å². The summed E-state index contributed by atoms with van der Waals surface area (Å²) in [4.78, 5) is 22.8. The van der Waals surface area contributed by atoms with Crippen molar-refractivity contribution in [1.29, 1.82) is 0 Å². The maximum absolute atomic E-state index is 13.4. The molecule has 4 nitrogen and oxygen atoms in total. The predicted octanol–water partition coefficient (Wildman–Crippen LogP) is 1.94. The van der Waals surface area contributed by atoms with Crippen molar-refractivity contribution in [3.63, 3.8) is 0 Å². The van der Waals surface area contributed by atoms with E-state index in [1.165, 1.54) is 18.2 Å². The molecule has 2 amide bonds. The number of carbonyl (C=O) groups excluding carboxylic acids is 2. The van der Waals surface area contributed by atoms with Crippen molar-refractivity contribution < 1.29 is 14.0 Å². The summed E-state index contributed by atoms with van der Waals surface area (Å²) < 4.78 is 13.4. The zero-order valence-corrected chi connectivity index (χ0v) is 10.3. The maximum Gasteiger partial charge on any atom is 0.229 e. The average Bonchev–Trinajstić information content (AvgIpc) is 2.34. The van der Waals surface area contributed by atoms with Gasteiger partial charge < -0.3 is 10.6 Å². The van der Waals surface area contributed by atoms with Crippen molar-refractivity contribution in [2.24, 2.45) is 5.92 Å². The van der Waals surface area contributed by atoms with E-state index in [9.17, 15) is 14.0 Å². The molecule has 0 saturated carbocycles. The summed E-state index contributed by atoms with van der Waals surface area (Å²) in [5.41, 5.74) is 0.0596. The number of nitrogens with one attached hydrogen (secondary N) is 2. The Morgan fingerprint density at radius 1 is 1.50 bits per heavy atom. The van der Waals surface area contributed by atoms with Gasteiger partial charge in [-0.3, -0.25) is 9.59 Å². The Balaban J connectivity index is 2.02. The molecule has 0 aromatic heterocycles. The van der Waals surface area contributed by atoms with E-state index in [0.717, 1.165) is 0 Å². The summed E-state index contributed by atoms with van der Waals surface area (Å²) in [5.74, 6) is -1.24. The van der Waals surface area contributed by atoms with Crippen LogP contribution in [0.5, 0.6) is 0 Å². The molecular weight excluding hydrogens is 259 g/mol. The molecule has 1 unspecified atom stereocenters. The lowest BCUT2D eigenvalue weighted by molar-refractivity contribution is -0.126. The van der Waals surface area contributed by atoms with Gasteiger partial charge in [0.25, 0.3) is 0 Å². The third-order valence-electron chi connectivity index (χ3n) is 2.82. The first-order valence-electron chi connectivity index (χ1n) is 5.59. The Morgan fingerprint density at radius 2 is 2.28 bits per heavy atom. The molecule has 1 aromatic carbocycles. The van der Waals surface area contributed by atoms with Gasteiger partial charge in [-0.05, 0) is 24.6 Å². The van der Waals surface area contributed by atoms with Crippen LogP contribution in [-0.2, 0) is 9.59 Å². The fourth-order valence-corrected chi connectivity index (χ4v) is 1.96. The van der Waals surface area contributed by atoms with Crippen LogP contribution in [0.3, 0.4) is 0 Å². The lowest BCUT2D eigenvalue weighted by Gasteiger charge is -2.21. The minimum absolute atomic E-state index is 0.0596. The van der Waals surface area contributed by atoms with Gasteiger partial charge in [-0.1, -0.05) is 11.6 Å². The fourth-order valence-electron chi connectivity index (χ4n) is 1.78. The Hall–Kier alpha value is -1.62. The predicted molar refractivity (Wildman–Crippen MR) is 65.8 cm³/mol. The number of carbonyl (C=O) groups is 2. The van der Waals surface area contributed by atoms with Crippen LogP contribution in [0.4, 0.5) is 10.1 Å². The lowest BCUT2D eigenvalue weighted by atomic mass is 9.98. The Labute approximate surface area is 109 Å². The van der Waals surface area contributed by atoms with Crippen molar-refractivity contribution in [2.45, 2.75) is 12.8 Å². The minimum Gasteiger partial charge on any atom is -0.355 e. The third-order valence-corrected chi connectivity index (χ3v) is 3.06. The molecule has 2 N–H and O–H groups in total. The highest BCUT2D eigenvalue weighted by atomic mass is 35.5. The molecule has 0 radical (unpaired) electrons. The molecule has 1 atom stereocenters. The lowest BCUT2D eigenvalue weighted by Crippen LogP contribution is -2.40. The first-order chi connectivity index (χ1) is 8.56. The minimum atomic E-state index is -0.535. The van der Waals surface area contributed by atoms with Crippen molar-refractivity contribution in [3.8, 4) is 0 Å². The molecular formula is C12H12ClFN2O2. The van der Waals surface area contributed by atoms with Crippen LogP contribution in [0.25, 0.3) is 0 Å². The van der Waals surface area contributed by atoms with Gasteiger partial charge in [0.1, 0.15) is 5.82 Å². The summed E-state index contributed by atoms with van der Waals surface area (Å²) in [6, 6.07) is 3.96. The van der Waals surface area contributed by atoms with E-state index in [0.29, 0.717) is 17.9 Å². The molecule has 1 heterocycles. The molecule has 0 aliphatic carbocycles. The molecule has 96 valence electrons. The summed E-state index contributed by atoms with van der Waals surface area (Å²) in [6.45, 7) is 0.285. The van der Waals surface area contributed by atoms with Gasteiger partial charge in [0.2, 0.25) is 11.8 Å². The molecule has 1 aliphatic heterocycles. The molecule has 0 bridgehead atoms. The smallest absolute Gasteiger partial charge is 0.229 e. The normalized spacial score (nSPS) is 19.2. The summed E-state index contributed by atoms with van der Waals surface area (Å²) >= 11 is 5.73. The van der Waals surface area contributed by atoms with E-state index in [-0.39, 0.29) is 30.0 Å². The molecule has 1 fully saturated rings. The van der Waals surface area contributed by atoms with E-state index < -0.39 is 5.82 Å². The highest BCUT2D eigenvalue weighted by molar-refractivity contribution is 6.30. The second kappa shape index (κ2) is 5.35.